The molecule has 0 spiro atoms. The van der Waals surface area contributed by atoms with Gasteiger partial charge in [-0.25, -0.2) is 4.57 Å². The van der Waals surface area contributed by atoms with E-state index in [0.717, 1.165) is 58.1 Å². The molecule has 3 aromatic rings. The molecule has 4 aliphatic rings. The Morgan fingerprint density at radius 2 is 1.64 bits per heavy atom. The summed E-state index contributed by atoms with van der Waals surface area (Å²) in [5.74, 6) is 2.73. The lowest BCUT2D eigenvalue weighted by Gasteiger charge is -2.35. The minimum Gasteiger partial charge on any atom is -0.494 e. The summed E-state index contributed by atoms with van der Waals surface area (Å²) in [7, 11) is 0. The van der Waals surface area contributed by atoms with Crippen LogP contribution in [0.5, 0.6) is 11.8 Å². The number of nitrogens with zero attached hydrogens (tertiary/aromatic N) is 2. The molecule has 4 atom stereocenters. The molecule has 2 fully saturated rings. The predicted octanol–water partition coefficient (Wildman–Crippen LogP) is 4.36. The van der Waals surface area contributed by atoms with E-state index in [9.17, 15) is 10.2 Å². The maximum atomic E-state index is 11.1. The fraction of sp³-hybridized carbons (Fsp3) is 0.381. The highest BCUT2D eigenvalue weighted by Gasteiger charge is 2.58. The van der Waals surface area contributed by atoms with E-state index in [1.54, 1.807) is 4.57 Å². The van der Waals surface area contributed by atoms with E-state index in [1.165, 1.54) is 6.42 Å². The molecular weight excluding hydrogens is 312 g/mol. The highest BCUT2D eigenvalue weighted by atomic mass is 16.3. The van der Waals surface area contributed by atoms with Crippen molar-refractivity contribution in [1.82, 2.24) is 9.55 Å². The Morgan fingerprint density at radius 3 is 2.32 bits per heavy atom. The first kappa shape index (κ1) is 13.8. The molecule has 2 bridgehead atoms. The van der Waals surface area contributed by atoms with Crippen molar-refractivity contribution in [2.45, 2.75) is 38.0 Å². The van der Waals surface area contributed by atoms with Crippen LogP contribution in [0.1, 0.15) is 47.9 Å². The van der Waals surface area contributed by atoms with Gasteiger partial charge in [-0.15, -0.1) is 0 Å². The maximum Gasteiger partial charge on any atom is 0.202 e. The third kappa shape index (κ3) is 1.60. The smallest absolute Gasteiger partial charge is 0.202 e. The Balaban J connectivity index is 1.66. The first-order valence-electron chi connectivity index (χ1n) is 9.18. The molecule has 7 rings (SSSR count). The number of benzene rings is 1. The molecule has 0 saturated heterocycles. The summed E-state index contributed by atoms with van der Waals surface area (Å²) < 4.78 is 1.63. The van der Waals surface area contributed by atoms with Crippen molar-refractivity contribution >= 4 is 10.9 Å². The standard InChI is InChI=1S/C21H20N2O2/c1-10-5-6-11-3-2-4-16(19(11)22-10)23-20(24)17-12-7-8-13(15-9-14(12)15)18(17)21(23)25/h2-6,12-15,24-25H,7-9H2,1H3/t12-,13+,14+,15-. The molecule has 0 amide bonds. The van der Waals surface area contributed by atoms with Crippen LogP contribution in [0.3, 0.4) is 0 Å². The molecule has 0 unspecified atom stereocenters. The second-order valence-corrected chi connectivity index (χ2v) is 7.97. The monoisotopic (exact) mass is 332 g/mol. The summed E-state index contributed by atoms with van der Waals surface area (Å²) in [4.78, 5) is 4.67. The van der Waals surface area contributed by atoms with Crippen LogP contribution in [-0.4, -0.2) is 19.8 Å². The van der Waals surface area contributed by atoms with Crippen molar-refractivity contribution in [3.8, 4) is 17.4 Å². The van der Waals surface area contributed by atoms with Gasteiger partial charge in [0, 0.05) is 22.2 Å². The van der Waals surface area contributed by atoms with Gasteiger partial charge in [0.05, 0.1) is 11.2 Å². The molecule has 4 aliphatic carbocycles. The van der Waals surface area contributed by atoms with E-state index in [0.29, 0.717) is 11.8 Å². The van der Waals surface area contributed by atoms with Crippen molar-refractivity contribution in [3.63, 3.8) is 0 Å². The summed E-state index contributed by atoms with van der Waals surface area (Å²) in [6, 6.07) is 9.93. The van der Waals surface area contributed by atoms with Gasteiger partial charge in [0.15, 0.2) is 0 Å². The molecular formula is C21H20N2O2. The fourth-order valence-electron chi connectivity index (χ4n) is 5.62. The SMILES string of the molecule is Cc1ccc2cccc(-n3c(O)c4c(c3O)[C@@H]3CC[C@H]4[C@H]4C[C@H]43)c2n1. The van der Waals surface area contributed by atoms with Crippen molar-refractivity contribution < 1.29 is 10.2 Å². The lowest BCUT2D eigenvalue weighted by Crippen LogP contribution is -2.22. The van der Waals surface area contributed by atoms with Gasteiger partial charge in [-0.2, -0.15) is 0 Å². The molecule has 25 heavy (non-hydrogen) atoms. The lowest BCUT2D eigenvalue weighted by atomic mass is 9.68. The molecule has 2 saturated carbocycles. The van der Waals surface area contributed by atoms with Crippen LogP contribution in [-0.2, 0) is 0 Å². The van der Waals surface area contributed by atoms with Gasteiger partial charge >= 0.3 is 0 Å². The minimum atomic E-state index is 0.225. The van der Waals surface area contributed by atoms with Crippen molar-refractivity contribution in [1.29, 1.82) is 0 Å². The Kier molecular flexibility index (Phi) is 2.40. The van der Waals surface area contributed by atoms with Gasteiger partial charge in [-0.3, -0.25) is 4.98 Å². The van der Waals surface area contributed by atoms with Gasteiger partial charge in [0.25, 0.3) is 0 Å². The third-order valence-corrected chi connectivity index (χ3v) is 6.73. The maximum absolute atomic E-state index is 11.1. The quantitative estimate of drug-likeness (QED) is 0.696. The summed E-state index contributed by atoms with van der Waals surface area (Å²) in [5, 5.41) is 23.2. The van der Waals surface area contributed by atoms with Gasteiger partial charge < -0.3 is 10.2 Å². The molecule has 1 aromatic carbocycles. The summed E-state index contributed by atoms with van der Waals surface area (Å²) >= 11 is 0. The van der Waals surface area contributed by atoms with E-state index >= 15 is 0 Å². The number of aryl methyl sites for hydroxylation is 1. The van der Waals surface area contributed by atoms with E-state index < -0.39 is 0 Å². The third-order valence-electron chi connectivity index (χ3n) is 6.73. The number of fused-ring (bicyclic) bond motifs is 2. The molecule has 4 nitrogen and oxygen atoms in total. The zero-order valence-electron chi connectivity index (χ0n) is 14.1. The zero-order valence-corrected chi connectivity index (χ0v) is 14.1. The number of aromatic nitrogens is 2. The summed E-state index contributed by atoms with van der Waals surface area (Å²) in [6.07, 6.45) is 3.55. The average Bonchev–Trinajstić information content (AvgIpc) is 3.39. The Bertz CT molecular complexity index is 1010. The van der Waals surface area contributed by atoms with Crippen LogP contribution in [0.15, 0.2) is 30.3 Å². The summed E-state index contributed by atoms with van der Waals surface area (Å²) in [6.45, 7) is 1.96. The molecule has 4 heteroatoms. The highest BCUT2D eigenvalue weighted by Crippen LogP contribution is 2.70. The van der Waals surface area contributed by atoms with Crippen LogP contribution in [0.25, 0.3) is 16.6 Å². The van der Waals surface area contributed by atoms with Crippen molar-refractivity contribution in [3.05, 3.63) is 47.2 Å². The fourth-order valence-corrected chi connectivity index (χ4v) is 5.62. The van der Waals surface area contributed by atoms with Crippen LogP contribution < -0.4 is 0 Å². The van der Waals surface area contributed by atoms with Crippen molar-refractivity contribution in [2.75, 3.05) is 0 Å². The number of aromatic hydroxyl groups is 2. The van der Waals surface area contributed by atoms with E-state index in [4.69, 9.17) is 0 Å². The normalized spacial score (nSPS) is 28.8. The number of hydrogen-bond acceptors (Lipinski definition) is 3. The van der Waals surface area contributed by atoms with E-state index in [1.807, 2.05) is 37.3 Å². The largest absolute Gasteiger partial charge is 0.494 e. The number of rotatable bonds is 1. The minimum absolute atomic E-state index is 0.225. The molecule has 126 valence electrons. The average molecular weight is 332 g/mol. The first-order valence-corrected chi connectivity index (χ1v) is 9.18. The van der Waals surface area contributed by atoms with Crippen molar-refractivity contribution in [2.24, 2.45) is 11.8 Å². The Hall–Kier alpha value is -2.49. The van der Waals surface area contributed by atoms with Crippen LogP contribution in [0.2, 0.25) is 0 Å². The zero-order chi connectivity index (χ0) is 16.9. The van der Waals surface area contributed by atoms with Crippen LogP contribution >= 0.6 is 0 Å². The summed E-state index contributed by atoms with van der Waals surface area (Å²) in [5.41, 5.74) is 4.53. The van der Waals surface area contributed by atoms with E-state index in [-0.39, 0.29) is 11.8 Å². The van der Waals surface area contributed by atoms with Gasteiger partial charge in [0.1, 0.15) is 0 Å². The Morgan fingerprint density at radius 1 is 0.960 bits per heavy atom. The molecule has 2 N–H and O–H groups in total. The number of hydrogen-bond donors (Lipinski definition) is 2. The van der Waals surface area contributed by atoms with Gasteiger partial charge in [0.2, 0.25) is 11.8 Å². The lowest BCUT2D eigenvalue weighted by molar-refractivity contribution is 0.322. The van der Waals surface area contributed by atoms with Gasteiger partial charge in [-0.05, 0) is 62.0 Å². The van der Waals surface area contributed by atoms with Gasteiger partial charge in [-0.1, -0.05) is 18.2 Å². The van der Waals surface area contributed by atoms with Crippen LogP contribution in [0, 0.1) is 18.8 Å². The second kappa shape index (κ2) is 4.37. The molecule has 2 heterocycles. The highest BCUT2D eigenvalue weighted by molar-refractivity contribution is 5.87. The predicted molar refractivity (Wildman–Crippen MR) is 95.4 cm³/mol. The van der Waals surface area contributed by atoms with E-state index in [2.05, 4.69) is 4.98 Å². The number of pyridine rings is 1. The molecule has 0 aliphatic heterocycles. The second-order valence-electron chi connectivity index (χ2n) is 7.97. The first-order chi connectivity index (χ1) is 12.1. The van der Waals surface area contributed by atoms with Crippen LogP contribution in [0.4, 0.5) is 0 Å². The molecule has 2 aromatic heterocycles. The Labute approximate surface area is 145 Å². The number of para-hydroxylation sites is 1. The molecule has 0 radical (unpaired) electrons. The topological polar surface area (TPSA) is 58.3 Å².